The van der Waals surface area contributed by atoms with Gasteiger partial charge in [-0.3, -0.25) is 9.59 Å². The number of carbonyl (C=O) groups excluding carboxylic acids is 2. The molecule has 0 spiro atoms. The summed E-state index contributed by atoms with van der Waals surface area (Å²) < 4.78 is 0. The van der Waals surface area contributed by atoms with Gasteiger partial charge in [-0.1, -0.05) is 27.7 Å². The van der Waals surface area contributed by atoms with E-state index in [2.05, 4.69) is 19.2 Å². The zero-order valence-electron chi connectivity index (χ0n) is 14.7. The SMILES string of the molecule is CC(C)CCC(C)(O)CNC(=O)C1CCCN1C(=O)C(C)C. The summed E-state index contributed by atoms with van der Waals surface area (Å²) in [6.07, 6.45) is 3.15. The molecule has 22 heavy (non-hydrogen) atoms. The van der Waals surface area contributed by atoms with Crippen molar-refractivity contribution in [3.8, 4) is 0 Å². The second-order valence-corrected chi connectivity index (χ2v) is 7.49. The fourth-order valence-electron chi connectivity index (χ4n) is 2.72. The molecule has 0 aliphatic carbocycles. The summed E-state index contributed by atoms with van der Waals surface area (Å²) in [5.41, 5.74) is -0.897. The first-order valence-corrected chi connectivity index (χ1v) is 8.44. The lowest BCUT2D eigenvalue weighted by Crippen LogP contribution is -2.50. The molecule has 1 aliphatic heterocycles. The van der Waals surface area contributed by atoms with Crippen LogP contribution in [0, 0.1) is 11.8 Å². The third-order valence-electron chi connectivity index (χ3n) is 4.24. The lowest BCUT2D eigenvalue weighted by Gasteiger charge is -2.28. The number of amides is 2. The van der Waals surface area contributed by atoms with Crippen LogP contribution in [0.5, 0.6) is 0 Å². The highest BCUT2D eigenvalue weighted by Gasteiger charge is 2.35. The molecule has 128 valence electrons. The van der Waals surface area contributed by atoms with E-state index in [4.69, 9.17) is 0 Å². The van der Waals surface area contributed by atoms with Crippen molar-refractivity contribution in [3.05, 3.63) is 0 Å². The van der Waals surface area contributed by atoms with Gasteiger partial charge in [0.1, 0.15) is 6.04 Å². The van der Waals surface area contributed by atoms with E-state index in [1.54, 1.807) is 11.8 Å². The van der Waals surface area contributed by atoms with Crippen molar-refractivity contribution in [2.45, 2.75) is 71.9 Å². The van der Waals surface area contributed by atoms with Gasteiger partial charge in [0, 0.05) is 19.0 Å². The van der Waals surface area contributed by atoms with Crippen LogP contribution in [0.15, 0.2) is 0 Å². The Bertz CT molecular complexity index is 391. The van der Waals surface area contributed by atoms with Crippen molar-refractivity contribution in [2.24, 2.45) is 11.8 Å². The predicted octanol–water partition coefficient (Wildman–Crippen LogP) is 1.94. The normalized spacial score (nSPS) is 21.3. The Morgan fingerprint density at radius 2 is 1.95 bits per heavy atom. The smallest absolute Gasteiger partial charge is 0.242 e. The molecule has 5 nitrogen and oxygen atoms in total. The molecule has 1 aliphatic rings. The molecule has 1 rings (SSSR count). The van der Waals surface area contributed by atoms with Gasteiger partial charge >= 0.3 is 0 Å². The molecule has 0 saturated carbocycles. The van der Waals surface area contributed by atoms with Gasteiger partial charge in [0.25, 0.3) is 0 Å². The minimum absolute atomic E-state index is 0.0317. The highest BCUT2D eigenvalue weighted by atomic mass is 16.3. The van der Waals surface area contributed by atoms with Crippen LogP contribution < -0.4 is 5.32 Å². The van der Waals surface area contributed by atoms with Crippen molar-refractivity contribution >= 4 is 11.8 Å². The highest BCUT2D eigenvalue weighted by Crippen LogP contribution is 2.21. The van der Waals surface area contributed by atoms with Crippen molar-refractivity contribution in [2.75, 3.05) is 13.1 Å². The molecular weight excluding hydrogens is 280 g/mol. The third-order valence-corrected chi connectivity index (χ3v) is 4.24. The first-order chi connectivity index (χ1) is 10.1. The molecule has 1 heterocycles. The van der Waals surface area contributed by atoms with Crippen molar-refractivity contribution in [1.82, 2.24) is 10.2 Å². The summed E-state index contributed by atoms with van der Waals surface area (Å²) in [6, 6.07) is -0.379. The number of rotatable bonds is 7. The maximum absolute atomic E-state index is 12.4. The summed E-state index contributed by atoms with van der Waals surface area (Å²) in [5, 5.41) is 13.2. The number of aliphatic hydroxyl groups is 1. The number of nitrogens with one attached hydrogen (secondary N) is 1. The van der Waals surface area contributed by atoms with Gasteiger partial charge in [-0.05, 0) is 38.5 Å². The predicted molar refractivity (Wildman–Crippen MR) is 87.3 cm³/mol. The summed E-state index contributed by atoms with van der Waals surface area (Å²) in [5.74, 6) is 0.319. The molecule has 2 amide bonds. The second kappa shape index (κ2) is 7.95. The van der Waals surface area contributed by atoms with E-state index in [1.165, 1.54) is 0 Å². The summed E-state index contributed by atoms with van der Waals surface area (Å²) in [4.78, 5) is 26.2. The van der Waals surface area contributed by atoms with E-state index in [1.807, 2.05) is 13.8 Å². The first-order valence-electron chi connectivity index (χ1n) is 8.44. The largest absolute Gasteiger partial charge is 0.388 e. The van der Waals surface area contributed by atoms with E-state index in [0.717, 1.165) is 12.8 Å². The Kier molecular flexibility index (Phi) is 6.85. The zero-order valence-corrected chi connectivity index (χ0v) is 14.7. The maximum atomic E-state index is 12.4. The van der Waals surface area contributed by atoms with Gasteiger partial charge in [0.2, 0.25) is 11.8 Å². The van der Waals surface area contributed by atoms with Crippen LogP contribution in [-0.4, -0.2) is 46.6 Å². The van der Waals surface area contributed by atoms with Crippen LogP contribution in [0.25, 0.3) is 0 Å². The Morgan fingerprint density at radius 1 is 1.32 bits per heavy atom. The molecule has 0 aromatic rings. The number of hydrogen-bond acceptors (Lipinski definition) is 3. The number of carbonyl (C=O) groups is 2. The average Bonchev–Trinajstić information content (AvgIpc) is 2.91. The molecule has 1 fully saturated rings. The van der Waals surface area contributed by atoms with Crippen molar-refractivity contribution in [3.63, 3.8) is 0 Å². The van der Waals surface area contributed by atoms with E-state index < -0.39 is 5.60 Å². The van der Waals surface area contributed by atoms with Gasteiger partial charge < -0.3 is 15.3 Å². The molecule has 0 bridgehead atoms. The molecule has 0 aromatic carbocycles. The van der Waals surface area contributed by atoms with E-state index in [-0.39, 0.29) is 30.3 Å². The first kappa shape index (κ1) is 18.9. The third kappa shape index (κ3) is 5.59. The second-order valence-electron chi connectivity index (χ2n) is 7.49. The summed E-state index contributed by atoms with van der Waals surface area (Å²) >= 11 is 0. The Morgan fingerprint density at radius 3 is 2.50 bits per heavy atom. The molecule has 2 N–H and O–H groups in total. The van der Waals surface area contributed by atoms with Crippen LogP contribution in [-0.2, 0) is 9.59 Å². The Balaban J connectivity index is 2.52. The lowest BCUT2D eigenvalue weighted by atomic mass is 9.95. The van der Waals surface area contributed by atoms with Crippen molar-refractivity contribution in [1.29, 1.82) is 0 Å². The van der Waals surface area contributed by atoms with Gasteiger partial charge in [0.15, 0.2) is 0 Å². The fraction of sp³-hybridized carbons (Fsp3) is 0.882. The minimum Gasteiger partial charge on any atom is -0.388 e. The van der Waals surface area contributed by atoms with Crippen LogP contribution in [0.2, 0.25) is 0 Å². The number of hydrogen-bond donors (Lipinski definition) is 2. The Labute approximate surface area is 134 Å². The van der Waals surface area contributed by atoms with E-state index >= 15 is 0 Å². The molecule has 1 saturated heterocycles. The minimum atomic E-state index is -0.897. The van der Waals surface area contributed by atoms with Gasteiger partial charge in [0.05, 0.1) is 5.60 Å². The molecular formula is C17H32N2O3. The summed E-state index contributed by atoms with van der Waals surface area (Å²) in [7, 11) is 0. The summed E-state index contributed by atoms with van der Waals surface area (Å²) in [6.45, 7) is 10.6. The number of likely N-dealkylation sites (tertiary alicyclic amines) is 1. The fourth-order valence-corrected chi connectivity index (χ4v) is 2.72. The van der Waals surface area contributed by atoms with Crippen LogP contribution >= 0.6 is 0 Å². The highest BCUT2D eigenvalue weighted by molar-refractivity contribution is 5.88. The van der Waals surface area contributed by atoms with Gasteiger partial charge in [-0.15, -0.1) is 0 Å². The molecule has 0 aromatic heterocycles. The zero-order chi connectivity index (χ0) is 16.9. The van der Waals surface area contributed by atoms with Gasteiger partial charge in [-0.2, -0.15) is 0 Å². The quantitative estimate of drug-likeness (QED) is 0.755. The molecule has 2 atom stereocenters. The van der Waals surface area contributed by atoms with Crippen molar-refractivity contribution < 1.29 is 14.7 Å². The number of nitrogens with zero attached hydrogens (tertiary/aromatic N) is 1. The molecule has 5 heteroatoms. The lowest BCUT2D eigenvalue weighted by molar-refractivity contribution is -0.141. The average molecular weight is 312 g/mol. The van der Waals surface area contributed by atoms with E-state index in [0.29, 0.717) is 25.3 Å². The Hall–Kier alpha value is -1.10. The van der Waals surface area contributed by atoms with Gasteiger partial charge in [-0.25, -0.2) is 0 Å². The van der Waals surface area contributed by atoms with Crippen LogP contribution in [0.4, 0.5) is 0 Å². The molecule has 0 radical (unpaired) electrons. The van der Waals surface area contributed by atoms with Crippen LogP contribution in [0.1, 0.15) is 60.3 Å². The monoisotopic (exact) mass is 312 g/mol. The topological polar surface area (TPSA) is 69.6 Å². The van der Waals surface area contributed by atoms with Crippen LogP contribution in [0.3, 0.4) is 0 Å². The maximum Gasteiger partial charge on any atom is 0.242 e. The molecule has 2 unspecified atom stereocenters. The standard InChI is InChI=1S/C17H32N2O3/c1-12(2)8-9-17(5,22)11-18-15(20)14-7-6-10-19(14)16(21)13(3)4/h12-14,22H,6-11H2,1-5H3,(H,18,20). The van der Waals surface area contributed by atoms with E-state index in [9.17, 15) is 14.7 Å².